The average Bonchev–Trinajstić information content (AvgIpc) is 2.80. The molecule has 0 aromatic heterocycles. The van der Waals surface area contributed by atoms with Crippen LogP contribution in [0.4, 0.5) is 0 Å². The Balaban J connectivity index is 1.56. The van der Waals surface area contributed by atoms with Crippen molar-refractivity contribution in [3.05, 3.63) is 24.3 Å². The third-order valence-electron chi connectivity index (χ3n) is 4.16. The quantitative estimate of drug-likeness (QED) is 0.844. The Morgan fingerprint density at radius 2 is 2.15 bits per heavy atom. The highest BCUT2D eigenvalue weighted by molar-refractivity contribution is 5.40. The number of benzene rings is 1. The lowest BCUT2D eigenvalue weighted by Gasteiger charge is -2.30. The smallest absolute Gasteiger partial charge is 0.161 e. The van der Waals surface area contributed by atoms with Gasteiger partial charge in [0.05, 0.1) is 6.61 Å². The van der Waals surface area contributed by atoms with Crippen molar-refractivity contribution in [2.75, 3.05) is 40.0 Å². The molecule has 4 nitrogen and oxygen atoms in total. The molecule has 4 heteroatoms. The molecule has 3 rings (SSSR count). The minimum absolute atomic E-state index is 0.120. The van der Waals surface area contributed by atoms with Crippen LogP contribution in [0.2, 0.25) is 0 Å². The standard InChI is InChI=1S/C16H23NO3/c1-16(12-18-2)7-8-17(11-16)9-13-10-19-14-5-3-4-6-15(14)20-13/h3-6,13H,7-12H2,1-2H3. The Morgan fingerprint density at radius 1 is 1.35 bits per heavy atom. The predicted molar refractivity (Wildman–Crippen MR) is 77.4 cm³/mol. The van der Waals surface area contributed by atoms with E-state index in [1.165, 1.54) is 6.42 Å². The molecule has 0 saturated carbocycles. The molecular weight excluding hydrogens is 254 g/mol. The number of ether oxygens (including phenoxy) is 3. The van der Waals surface area contributed by atoms with E-state index < -0.39 is 0 Å². The number of nitrogens with zero attached hydrogens (tertiary/aromatic N) is 1. The maximum Gasteiger partial charge on any atom is 0.161 e. The van der Waals surface area contributed by atoms with Crippen LogP contribution in [-0.4, -0.2) is 51.0 Å². The highest BCUT2D eigenvalue weighted by atomic mass is 16.6. The molecule has 2 atom stereocenters. The van der Waals surface area contributed by atoms with Crippen molar-refractivity contribution in [2.45, 2.75) is 19.4 Å². The summed E-state index contributed by atoms with van der Waals surface area (Å²) in [4.78, 5) is 2.46. The summed E-state index contributed by atoms with van der Waals surface area (Å²) in [5.74, 6) is 1.72. The van der Waals surface area contributed by atoms with Crippen LogP contribution in [0.15, 0.2) is 24.3 Å². The second kappa shape index (κ2) is 5.62. The summed E-state index contributed by atoms with van der Waals surface area (Å²) in [6, 6.07) is 7.88. The van der Waals surface area contributed by atoms with Crippen LogP contribution in [0, 0.1) is 5.41 Å². The molecule has 0 spiro atoms. The molecule has 1 saturated heterocycles. The number of hydrogen-bond donors (Lipinski definition) is 0. The van der Waals surface area contributed by atoms with E-state index in [1.54, 1.807) is 7.11 Å². The van der Waals surface area contributed by atoms with Crippen LogP contribution in [0.25, 0.3) is 0 Å². The zero-order chi connectivity index (χ0) is 14.0. The zero-order valence-electron chi connectivity index (χ0n) is 12.3. The molecule has 2 heterocycles. The topological polar surface area (TPSA) is 30.9 Å². The van der Waals surface area contributed by atoms with E-state index in [-0.39, 0.29) is 11.5 Å². The van der Waals surface area contributed by atoms with Crippen molar-refractivity contribution >= 4 is 0 Å². The normalized spacial score (nSPS) is 29.6. The maximum atomic E-state index is 6.02. The average molecular weight is 277 g/mol. The highest BCUT2D eigenvalue weighted by Crippen LogP contribution is 2.33. The second-order valence-electron chi connectivity index (χ2n) is 6.23. The van der Waals surface area contributed by atoms with Gasteiger partial charge in [0, 0.05) is 25.6 Å². The maximum absolute atomic E-state index is 6.02. The number of rotatable bonds is 4. The van der Waals surface area contributed by atoms with Crippen LogP contribution in [0.5, 0.6) is 11.5 Å². The van der Waals surface area contributed by atoms with E-state index in [9.17, 15) is 0 Å². The predicted octanol–water partition coefficient (Wildman–Crippen LogP) is 2.18. The molecule has 2 unspecified atom stereocenters. The number of para-hydroxylation sites is 2. The van der Waals surface area contributed by atoms with Crippen LogP contribution in [0.1, 0.15) is 13.3 Å². The van der Waals surface area contributed by atoms with Crippen LogP contribution >= 0.6 is 0 Å². The minimum atomic E-state index is 0.120. The van der Waals surface area contributed by atoms with E-state index in [4.69, 9.17) is 14.2 Å². The van der Waals surface area contributed by atoms with Crippen LogP contribution in [-0.2, 0) is 4.74 Å². The molecule has 20 heavy (non-hydrogen) atoms. The Morgan fingerprint density at radius 3 is 2.95 bits per heavy atom. The number of methoxy groups -OCH3 is 1. The van der Waals surface area contributed by atoms with E-state index >= 15 is 0 Å². The lowest BCUT2D eigenvalue weighted by atomic mass is 9.91. The van der Waals surface area contributed by atoms with Gasteiger partial charge in [-0.25, -0.2) is 0 Å². The summed E-state index contributed by atoms with van der Waals surface area (Å²) >= 11 is 0. The van der Waals surface area contributed by atoms with Gasteiger partial charge in [-0.15, -0.1) is 0 Å². The SMILES string of the molecule is COCC1(C)CCN(CC2COc3ccccc3O2)C1. The molecule has 2 aliphatic heterocycles. The van der Waals surface area contributed by atoms with Gasteiger partial charge < -0.3 is 14.2 Å². The lowest BCUT2D eigenvalue weighted by molar-refractivity contribution is 0.0551. The van der Waals surface area contributed by atoms with Gasteiger partial charge in [-0.05, 0) is 25.1 Å². The molecule has 1 aromatic rings. The number of hydrogen-bond acceptors (Lipinski definition) is 4. The number of likely N-dealkylation sites (tertiary alicyclic amines) is 1. The molecule has 0 bridgehead atoms. The molecule has 0 amide bonds. The third-order valence-corrected chi connectivity index (χ3v) is 4.16. The molecular formula is C16H23NO3. The molecule has 1 fully saturated rings. The van der Waals surface area contributed by atoms with Gasteiger partial charge in [0.25, 0.3) is 0 Å². The largest absolute Gasteiger partial charge is 0.486 e. The van der Waals surface area contributed by atoms with Gasteiger partial charge in [0.1, 0.15) is 12.7 Å². The first-order valence-corrected chi connectivity index (χ1v) is 7.28. The number of fused-ring (bicyclic) bond motifs is 1. The van der Waals surface area contributed by atoms with Crippen LogP contribution < -0.4 is 9.47 Å². The van der Waals surface area contributed by atoms with Crippen LogP contribution in [0.3, 0.4) is 0 Å². The fraction of sp³-hybridized carbons (Fsp3) is 0.625. The Bertz CT molecular complexity index is 465. The molecule has 0 N–H and O–H groups in total. The summed E-state index contributed by atoms with van der Waals surface area (Å²) in [6.45, 7) is 6.87. The monoisotopic (exact) mass is 277 g/mol. The van der Waals surface area contributed by atoms with Crippen molar-refractivity contribution in [3.8, 4) is 11.5 Å². The highest BCUT2D eigenvalue weighted by Gasteiger charge is 2.35. The Hall–Kier alpha value is -1.26. The van der Waals surface area contributed by atoms with Crippen molar-refractivity contribution in [1.29, 1.82) is 0 Å². The van der Waals surface area contributed by atoms with E-state index in [2.05, 4.69) is 11.8 Å². The van der Waals surface area contributed by atoms with Gasteiger partial charge >= 0.3 is 0 Å². The first-order chi connectivity index (χ1) is 9.68. The van der Waals surface area contributed by atoms with Gasteiger partial charge in [-0.3, -0.25) is 4.90 Å². The molecule has 1 aromatic carbocycles. The van der Waals surface area contributed by atoms with Gasteiger partial charge in [-0.2, -0.15) is 0 Å². The fourth-order valence-electron chi connectivity index (χ4n) is 3.19. The van der Waals surface area contributed by atoms with Crippen molar-refractivity contribution in [1.82, 2.24) is 4.90 Å². The fourth-order valence-corrected chi connectivity index (χ4v) is 3.19. The van der Waals surface area contributed by atoms with Crippen molar-refractivity contribution < 1.29 is 14.2 Å². The van der Waals surface area contributed by atoms with Crippen molar-refractivity contribution in [2.24, 2.45) is 5.41 Å². The summed E-state index contributed by atoms with van der Waals surface area (Å²) in [7, 11) is 1.78. The summed E-state index contributed by atoms with van der Waals surface area (Å²) in [6.07, 6.45) is 1.31. The zero-order valence-corrected chi connectivity index (χ0v) is 12.3. The first kappa shape index (κ1) is 13.7. The Labute approximate surface area is 120 Å². The Kier molecular flexibility index (Phi) is 3.85. The summed E-state index contributed by atoms with van der Waals surface area (Å²) < 4.78 is 17.1. The second-order valence-corrected chi connectivity index (χ2v) is 6.23. The molecule has 2 aliphatic rings. The van der Waals surface area contributed by atoms with E-state index in [0.717, 1.165) is 37.7 Å². The third kappa shape index (κ3) is 2.91. The van der Waals surface area contributed by atoms with E-state index in [0.29, 0.717) is 6.61 Å². The summed E-state index contributed by atoms with van der Waals surface area (Å²) in [5.41, 5.74) is 0.280. The van der Waals surface area contributed by atoms with Crippen molar-refractivity contribution in [3.63, 3.8) is 0 Å². The van der Waals surface area contributed by atoms with Gasteiger partial charge in [0.15, 0.2) is 11.5 Å². The van der Waals surface area contributed by atoms with Gasteiger partial charge in [-0.1, -0.05) is 19.1 Å². The molecule has 0 aliphatic carbocycles. The molecule has 0 radical (unpaired) electrons. The minimum Gasteiger partial charge on any atom is -0.486 e. The lowest BCUT2D eigenvalue weighted by Crippen LogP contribution is -2.41. The summed E-state index contributed by atoms with van der Waals surface area (Å²) in [5, 5.41) is 0. The molecule has 110 valence electrons. The van der Waals surface area contributed by atoms with E-state index in [1.807, 2.05) is 24.3 Å². The first-order valence-electron chi connectivity index (χ1n) is 7.28. The van der Waals surface area contributed by atoms with Gasteiger partial charge in [0.2, 0.25) is 0 Å².